The summed E-state index contributed by atoms with van der Waals surface area (Å²) < 4.78 is 8.37. The quantitative estimate of drug-likeness (QED) is 0.660. The van der Waals surface area contributed by atoms with Gasteiger partial charge in [0.05, 0.1) is 6.61 Å². The third kappa shape index (κ3) is 4.90. The third-order valence-electron chi connectivity index (χ3n) is 4.92. The molecular formula is C19H24Cl2N4O3. The van der Waals surface area contributed by atoms with Gasteiger partial charge in [-0.15, -0.1) is 0 Å². The molecule has 28 heavy (non-hydrogen) atoms. The van der Waals surface area contributed by atoms with E-state index in [-0.39, 0.29) is 11.2 Å². The van der Waals surface area contributed by atoms with E-state index in [9.17, 15) is 9.59 Å². The van der Waals surface area contributed by atoms with Crippen LogP contribution in [0.5, 0.6) is 5.75 Å². The van der Waals surface area contributed by atoms with E-state index in [0.717, 1.165) is 43.7 Å². The molecule has 3 rings (SSSR count). The fourth-order valence-corrected chi connectivity index (χ4v) is 3.82. The van der Waals surface area contributed by atoms with Crippen LogP contribution in [-0.2, 0) is 14.1 Å². The lowest BCUT2D eigenvalue weighted by molar-refractivity contribution is 0.224. The lowest BCUT2D eigenvalue weighted by atomic mass is 10.3. The molecule has 0 radical (unpaired) electrons. The van der Waals surface area contributed by atoms with Crippen molar-refractivity contribution < 1.29 is 4.74 Å². The molecule has 2 aromatic rings. The van der Waals surface area contributed by atoms with Crippen LogP contribution in [0.15, 0.2) is 33.9 Å². The summed E-state index contributed by atoms with van der Waals surface area (Å²) in [7, 11) is 3.19. The predicted molar refractivity (Wildman–Crippen MR) is 112 cm³/mol. The van der Waals surface area contributed by atoms with Gasteiger partial charge in [0, 0.05) is 62.9 Å². The second-order valence-electron chi connectivity index (χ2n) is 6.88. The van der Waals surface area contributed by atoms with Crippen LogP contribution in [0.3, 0.4) is 0 Å². The minimum atomic E-state index is -0.303. The van der Waals surface area contributed by atoms with Crippen molar-refractivity contribution in [2.75, 3.05) is 44.2 Å². The number of aromatic nitrogens is 2. The van der Waals surface area contributed by atoms with Crippen LogP contribution >= 0.6 is 23.2 Å². The summed E-state index contributed by atoms with van der Waals surface area (Å²) in [6.45, 7) is 4.77. The zero-order valence-electron chi connectivity index (χ0n) is 16.0. The second-order valence-corrected chi connectivity index (χ2v) is 7.75. The first kappa shape index (κ1) is 20.8. The van der Waals surface area contributed by atoms with Gasteiger partial charge in [-0.2, -0.15) is 0 Å². The fourth-order valence-electron chi connectivity index (χ4n) is 3.32. The van der Waals surface area contributed by atoms with Crippen LogP contribution in [0.2, 0.25) is 10.0 Å². The summed E-state index contributed by atoms with van der Waals surface area (Å²) in [4.78, 5) is 28.5. The molecule has 0 bridgehead atoms. The van der Waals surface area contributed by atoms with Crippen LogP contribution in [0.25, 0.3) is 0 Å². The topological polar surface area (TPSA) is 59.7 Å². The maximum Gasteiger partial charge on any atom is 0.332 e. The van der Waals surface area contributed by atoms with Crippen LogP contribution in [-0.4, -0.2) is 53.4 Å². The van der Waals surface area contributed by atoms with Gasteiger partial charge < -0.3 is 9.64 Å². The summed E-state index contributed by atoms with van der Waals surface area (Å²) in [5.41, 5.74) is -0.581. The summed E-state index contributed by atoms with van der Waals surface area (Å²) in [6, 6.07) is 6.70. The first-order valence-corrected chi connectivity index (χ1v) is 9.94. The molecule has 0 amide bonds. The molecule has 1 saturated heterocycles. The van der Waals surface area contributed by atoms with Gasteiger partial charge in [0.2, 0.25) is 0 Å². The first-order chi connectivity index (χ1) is 13.3. The maximum absolute atomic E-state index is 12.1. The summed E-state index contributed by atoms with van der Waals surface area (Å²) in [5.74, 6) is 1.35. The molecule has 9 heteroatoms. The minimum absolute atomic E-state index is 0.279. The fraction of sp³-hybridized carbons (Fsp3) is 0.474. The standard InChI is InChI=1S/C19H24Cl2N4O3/c1-22-17(13-18(26)23(2)19(22)27)25-7-5-24(6-8-25)4-3-9-28-16-11-14(20)10-15(21)12-16/h10-13H,3-9H2,1-2H3. The van der Waals surface area contributed by atoms with Crippen molar-refractivity contribution in [2.24, 2.45) is 14.1 Å². The van der Waals surface area contributed by atoms with Gasteiger partial charge in [0.15, 0.2) is 0 Å². The number of benzene rings is 1. The zero-order valence-corrected chi connectivity index (χ0v) is 17.5. The molecule has 0 aliphatic carbocycles. The van der Waals surface area contributed by atoms with Crippen LogP contribution < -0.4 is 20.9 Å². The first-order valence-electron chi connectivity index (χ1n) is 9.18. The lowest BCUT2D eigenvalue weighted by Crippen LogP contribution is -2.49. The van der Waals surface area contributed by atoms with Gasteiger partial charge in [-0.25, -0.2) is 4.79 Å². The number of rotatable bonds is 6. The average molecular weight is 427 g/mol. The smallest absolute Gasteiger partial charge is 0.332 e. The minimum Gasteiger partial charge on any atom is -0.493 e. The number of anilines is 1. The summed E-state index contributed by atoms with van der Waals surface area (Å²) in [5, 5.41) is 1.12. The highest BCUT2D eigenvalue weighted by atomic mass is 35.5. The molecule has 152 valence electrons. The molecular weight excluding hydrogens is 403 g/mol. The van der Waals surface area contributed by atoms with Gasteiger partial charge in [-0.1, -0.05) is 23.2 Å². The van der Waals surface area contributed by atoms with E-state index >= 15 is 0 Å². The Labute approximate surface area is 173 Å². The number of ether oxygens (including phenoxy) is 1. The predicted octanol–water partition coefficient (Wildman–Crippen LogP) is 1.98. The van der Waals surface area contributed by atoms with E-state index in [1.807, 2.05) is 0 Å². The van der Waals surface area contributed by atoms with Gasteiger partial charge in [-0.05, 0) is 24.6 Å². The molecule has 1 aromatic carbocycles. The van der Waals surface area contributed by atoms with Crippen molar-refractivity contribution in [3.63, 3.8) is 0 Å². The Kier molecular flexibility index (Phi) is 6.69. The van der Waals surface area contributed by atoms with Crippen molar-refractivity contribution in [1.82, 2.24) is 14.0 Å². The Morgan fingerprint density at radius 1 is 0.929 bits per heavy atom. The monoisotopic (exact) mass is 426 g/mol. The van der Waals surface area contributed by atoms with Crippen LogP contribution in [0.4, 0.5) is 5.82 Å². The van der Waals surface area contributed by atoms with Crippen molar-refractivity contribution in [1.29, 1.82) is 0 Å². The SMILES string of the molecule is Cn1c(N2CCN(CCCOc3cc(Cl)cc(Cl)c3)CC2)cc(=O)n(C)c1=O. The van der Waals surface area contributed by atoms with E-state index in [1.54, 1.807) is 25.2 Å². The summed E-state index contributed by atoms with van der Waals surface area (Å²) in [6.07, 6.45) is 0.883. The molecule has 1 aromatic heterocycles. The van der Waals surface area contributed by atoms with Crippen LogP contribution in [0, 0.1) is 0 Å². The molecule has 1 fully saturated rings. The van der Waals surface area contributed by atoms with Crippen molar-refractivity contribution >= 4 is 29.0 Å². The molecule has 7 nitrogen and oxygen atoms in total. The zero-order chi connectivity index (χ0) is 20.3. The lowest BCUT2D eigenvalue weighted by Gasteiger charge is -2.36. The van der Waals surface area contributed by atoms with Gasteiger partial charge >= 0.3 is 5.69 Å². The molecule has 0 atom stereocenters. The molecule has 0 saturated carbocycles. The Bertz CT molecular complexity index is 929. The average Bonchev–Trinajstić information content (AvgIpc) is 2.66. The van der Waals surface area contributed by atoms with E-state index in [2.05, 4.69) is 9.80 Å². The van der Waals surface area contributed by atoms with Gasteiger partial charge in [-0.3, -0.25) is 18.8 Å². The van der Waals surface area contributed by atoms with E-state index in [4.69, 9.17) is 27.9 Å². The number of hydrogen-bond acceptors (Lipinski definition) is 5. The third-order valence-corrected chi connectivity index (χ3v) is 5.36. The van der Waals surface area contributed by atoms with Crippen molar-refractivity contribution in [3.8, 4) is 5.75 Å². The van der Waals surface area contributed by atoms with Crippen molar-refractivity contribution in [2.45, 2.75) is 6.42 Å². The van der Waals surface area contributed by atoms with Gasteiger partial charge in [0.25, 0.3) is 5.56 Å². The van der Waals surface area contributed by atoms with E-state index < -0.39 is 0 Å². The molecule has 2 heterocycles. The second kappa shape index (κ2) is 9.03. The molecule has 1 aliphatic rings. The Hall–Kier alpha value is -1.96. The highest BCUT2D eigenvalue weighted by molar-refractivity contribution is 6.34. The van der Waals surface area contributed by atoms with E-state index in [1.165, 1.54) is 17.7 Å². The molecule has 0 unspecified atom stereocenters. The largest absolute Gasteiger partial charge is 0.493 e. The Balaban J connectivity index is 1.47. The number of hydrogen-bond donors (Lipinski definition) is 0. The van der Waals surface area contributed by atoms with Crippen LogP contribution in [0.1, 0.15) is 6.42 Å². The Morgan fingerprint density at radius 3 is 2.21 bits per heavy atom. The highest BCUT2D eigenvalue weighted by Gasteiger charge is 2.20. The molecule has 0 N–H and O–H groups in total. The number of piperazine rings is 1. The van der Waals surface area contributed by atoms with E-state index in [0.29, 0.717) is 28.2 Å². The van der Waals surface area contributed by atoms with Crippen molar-refractivity contribution in [3.05, 3.63) is 55.1 Å². The molecule has 0 spiro atoms. The van der Waals surface area contributed by atoms with Gasteiger partial charge in [0.1, 0.15) is 11.6 Å². The number of nitrogens with zero attached hydrogens (tertiary/aromatic N) is 4. The highest BCUT2D eigenvalue weighted by Crippen LogP contribution is 2.24. The Morgan fingerprint density at radius 2 is 1.57 bits per heavy atom. The normalized spacial score (nSPS) is 15.1. The molecule has 1 aliphatic heterocycles. The number of halogens is 2. The maximum atomic E-state index is 12.1. The summed E-state index contributed by atoms with van der Waals surface area (Å²) >= 11 is 11.9.